The van der Waals surface area contributed by atoms with Crippen molar-refractivity contribution in [2.75, 3.05) is 17.8 Å². The number of rotatable bonds is 9. The molecule has 0 saturated heterocycles. The smallest absolute Gasteiger partial charge is 0.326 e. The van der Waals surface area contributed by atoms with Crippen molar-refractivity contribution in [1.82, 2.24) is 5.32 Å². The Hall–Kier alpha value is -0.660. The standard InChI is InChI=1S/C12H17NO3S3/c1-17-6-4-10(12(15)16)13-11(14)8-18-7-9-3-2-5-19-9/h2-3,5,10H,4,6-8H2,1H3,(H,13,14)(H,15,16)/t10-/m1/s1. The average molecular weight is 319 g/mol. The van der Waals surface area contributed by atoms with Crippen LogP contribution >= 0.6 is 34.9 Å². The van der Waals surface area contributed by atoms with Crippen LogP contribution in [0.4, 0.5) is 0 Å². The number of thioether (sulfide) groups is 2. The first-order valence-corrected chi connectivity index (χ1v) is 9.17. The van der Waals surface area contributed by atoms with Gasteiger partial charge in [0.15, 0.2) is 0 Å². The summed E-state index contributed by atoms with van der Waals surface area (Å²) in [7, 11) is 0. The minimum atomic E-state index is -0.967. The van der Waals surface area contributed by atoms with Gasteiger partial charge in [-0.15, -0.1) is 23.1 Å². The monoisotopic (exact) mass is 319 g/mol. The Kier molecular flexibility index (Phi) is 8.00. The minimum Gasteiger partial charge on any atom is -0.480 e. The van der Waals surface area contributed by atoms with Crippen LogP contribution < -0.4 is 5.32 Å². The number of thiophene rings is 1. The topological polar surface area (TPSA) is 66.4 Å². The van der Waals surface area contributed by atoms with Crippen molar-refractivity contribution < 1.29 is 14.7 Å². The zero-order valence-corrected chi connectivity index (χ0v) is 13.1. The Balaban J connectivity index is 2.25. The lowest BCUT2D eigenvalue weighted by atomic mass is 10.2. The van der Waals surface area contributed by atoms with Crippen LogP contribution in [0, 0.1) is 0 Å². The summed E-state index contributed by atoms with van der Waals surface area (Å²) < 4.78 is 0. The number of nitrogens with one attached hydrogen (secondary N) is 1. The molecule has 0 aliphatic carbocycles. The zero-order chi connectivity index (χ0) is 14.1. The van der Waals surface area contributed by atoms with Crippen molar-refractivity contribution in [3.8, 4) is 0 Å². The highest BCUT2D eigenvalue weighted by atomic mass is 32.2. The third-order valence-electron chi connectivity index (χ3n) is 2.30. The van der Waals surface area contributed by atoms with E-state index < -0.39 is 12.0 Å². The van der Waals surface area contributed by atoms with Gasteiger partial charge in [-0.2, -0.15) is 11.8 Å². The molecule has 2 N–H and O–H groups in total. The molecule has 0 spiro atoms. The summed E-state index contributed by atoms with van der Waals surface area (Å²) in [5.41, 5.74) is 0. The van der Waals surface area contributed by atoms with Crippen LogP contribution in [0.25, 0.3) is 0 Å². The van der Waals surface area contributed by atoms with Crippen LogP contribution in [0.5, 0.6) is 0 Å². The lowest BCUT2D eigenvalue weighted by Gasteiger charge is -2.13. The van der Waals surface area contributed by atoms with Gasteiger partial charge in [0.05, 0.1) is 5.75 Å². The highest BCUT2D eigenvalue weighted by Crippen LogP contribution is 2.16. The van der Waals surface area contributed by atoms with E-state index in [0.29, 0.717) is 12.2 Å². The van der Waals surface area contributed by atoms with Gasteiger partial charge >= 0.3 is 5.97 Å². The van der Waals surface area contributed by atoms with Crippen molar-refractivity contribution in [3.63, 3.8) is 0 Å². The van der Waals surface area contributed by atoms with Crippen molar-refractivity contribution in [3.05, 3.63) is 22.4 Å². The summed E-state index contributed by atoms with van der Waals surface area (Å²) in [4.78, 5) is 23.8. The molecule has 7 heteroatoms. The van der Waals surface area contributed by atoms with Crippen molar-refractivity contribution in [1.29, 1.82) is 0 Å². The third kappa shape index (κ3) is 6.89. The molecule has 1 aromatic rings. The summed E-state index contributed by atoms with van der Waals surface area (Å²) in [5, 5.41) is 13.6. The second-order valence-corrected chi connectivity index (χ2v) is 6.82. The second kappa shape index (κ2) is 9.28. The first-order valence-electron chi connectivity index (χ1n) is 5.74. The van der Waals surface area contributed by atoms with Gasteiger partial charge in [-0.1, -0.05) is 6.07 Å². The summed E-state index contributed by atoms with van der Waals surface area (Å²) in [6, 6.07) is 3.22. The first kappa shape index (κ1) is 16.4. The van der Waals surface area contributed by atoms with Crippen LogP contribution in [-0.4, -0.2) is 40.8 Å². The number of aliphatic carboxylic acids is 1. The largest absolute Gasteiger partial charge is 0.480 e. The van der Waals surface area contributed by atoms with Gasteiger partial charge in [-0.05, 0) is 29.9 Å². The van der Waals surface area contributed by atoms with Crippen molar-refractivity contribution >= 4 is 46.7 Å². The van der Waals surface area contributed by atoms with Gasteiger partial charge < -0.3 is 10.4 Å². The molecule has 1 amide bonds. The Morgan fingerprint density at radius 3 is 2.89 bits per heavy atom. The van der Waals surface area contributed by atoms with Gasteiger partial charge in [0.25, 0.3) is 0 Å². The Morgan fingerprint density at radius 2 is 2.32 bits per heavy atom. The van der Waals surface area contributed by atoms with Crippen molar-refractivity contribution in [2.24, 2.45) is 0 Å². The summed E-state index contributed by atoms with van der Waals surface area (Å²) in [6.07, 6.45) is 2.37. The molecule has 1 heterocycles. The summed E-state index contributed by atoms with van der Waals surface area (Å²) in [6.45, 7) is 0. The maximum Gasteiger partial charge on any atom is 0.326 e. The number of carboxylic acids is 1. The number of amides is 1. The molecule has 0 aliphatic heterocycles. The van der Waals surface area contributed by atoms with E-state index in [4.69, 9.17) is 5.11 Å². The molecule has 0 bridgehead atoms. The maximum absolute atomic E-state index is 11.7. The third-order valence-corrected chi connectivity index (χ3v) is 4.99. The summed E-state index contributed by atoms with van der Waals surface area (Å²) in [5.74, 6) is 0.620. The first-order chi connectivity index (χ1) is 9.13. The lowest BCUT2D eigenvalue weighted by Crippen LogP contribution is -2.42. The molecule has 0 saturated carbocycles. The van der Waals surface area contributed by atoms with E-state index in [0.717, 1.165) is 11.5 Å². The fourth-order valence-electron chi connectivity index (χ4n) is 1.37. The van der Waals surface area contributed by atoms with E-state index >= 15 is 0 Å². The summed E-state index contributed by atoms with van der Waals surface area (Å²) >= 11 is 4.72. The molecule has 0 aliphatic rings. The molecule has 1 atom stereocenters. The van der Waals surface area contributed by atoms with Gasteiger partial charge in [-0.25, -0.2) is 4.79 Å². The molecule has 19 heavy (non-hydrogen) atoms. The number of carbonyl (C=O) groups is 2. The Bertz CT molecular complexity index is 395. The van der Waals surface area contributed by atoms with Gasteiger partial charge in [-0.3, -0.25) is 4.79 Å². The van der Waals surface area contributed by atoms with E-state index in [1.807, 2.05) is 23.8 Å². The van der Waals surface area contributed by atoms with E-state index in [2.05, 4.69) is 5.32 Å². The molecule has 0 aromatic carbocycles. The molecular weight excluding hydrogens is 302 g/mol. The Morgan fingerprint density at radius 1 is 1.53 bits per heavy atom. The molecule has 1 aromatic heterocycles. The molecule has 4 nitrogen and oxygen atoms in total. The Labute approximate surface area is 125 Å². The van der Waals surface area contributed by atoms with E-state index in [-0.39, 0.29) is 5.91 Å². The number of carbonyl (C=O) groups excluding carboxylic acids is 1. The van der Waals surface area contributed by atoms with Gasteiger partial charge in [0, 0.05) is 10.6 Å². The van der Waals surface area contributed by atoms with E-state index in [1.54, 1.807) is 23.1 Å². The van der Waals surface area contributed by atoms with Crippen LogP contribution in [0.1, 0.15) is 11.3 Å². The molecular formula is C12H17NO3S3. The normalized spacial score (nSPS) is 12.1. The zero-order valence-electron chi connectivity index (χ0n) is 10.6. The molecule has 0 unspecified atom stereocenters. The SMILES string of the molecule is CSCC[C@@H](NC(=O)CSCc1cccs1)C(=O)O. The number of hydrogen-bond donors (Lipinski definition) is 2. The van der Waals surface area contributed by atoms with Gasteiger partial charge in [0.2, 0.25) is 5.91 Å². The van der Waals surface area contributed by atoms with Crippen LogP contribution in [-0.2, 0) is 15.3 Å². The number of carboxylic acid groups (broad SMARTS) is 1. The number of hydrogen-bond acceptors (Lipinski definition) is 5. The van der Waals surface area contributed by atoms with Crippen LogP contribution in [0.2, 0.25) is 0 Å². The fraction of sp³-hybridized carbons (Fsp3) is 0.500. The molecule has 106 valence electrons. The molecule has 0 fully saturated rings. The quantitative estimate of drug-likeness (QED) is 0.731. The maximum atomic E-state index is 11.7. The average Bonchev–Trinajstić information content (AvgIpc) is 2.87. The fourth-order valence-corrected chi connectivity index (χ4v) is 3.52. The van der Waals surface area contributed by atoms with Gasteiger partial charge in [0.1, 0.15) is 6.04 Å². The highest BCUT2D eigenvalue weighted by Gasteiger charge is 2.19. The van der Waals surface area contributed by atoms with E-state index in [1.165, 1.54) is 16.6 Å². The minimum absolute atomic E-state index is 0.213. The lowest BCUT2D eigenvalue weighted by molar-refractivity contribution is -0.141. The highest BCUT2D eigenvalue weighted by molar-refractivity contribution is 7.99. The van der Waals surface area contributed by atoms with Crippen LogP contribution in [0.15, 0.2) is 17.5 Å². The van der Waals surface area contributed by atoms with E-state index in [9.17, 15) is 9.59 Å². The predicted molar refractivity (Wildman–Crippen MR) is 83.0 cm³/mol. The second-order valence-electron chi connectivity index (χ2n) is 3.81. The predicted octanol–water partition coefficient (Wildman–Crippen LogP) is 2.30. The molecule has 1 rings (SSSR count). The molecule has 0 radical (unpaired) electrons. The van der Waals surface area contributed by atoms with Crippen LogP contribution in [0.3, 0.4) is 0 Å². The van der Waals surface area contributed by atoms with Crippen molar-refractivity contribution in [2.45, 2.75) is 18.2 Å².